The Balaban J connectivity index is 0.000000202. The Morgan fingerprint density at radius 1 is 1.50 bits per heavy atom. The van der Waals surface area contributed by atoms with Gasteiger partial charge in [0.1, 0.15) is 0 Å². The van der Waals surface area contributed by atoms with Gasteiger partial charge in [0.2, 0.25) is 0 Å². The standard InChI is InChI=1S/2C4H8O2/c1-4-5-2-3-6-4;1-2-3-4(5)6/h4H,2-3H2,1H3;2-3H2,1H3,(H,5,6). The SMILES string of the molecule is CC1OCCO1.CCCC(=O)O. The van der Waals surface area contributed by atoms with Gasteiger partial charge in [-0.1, -0.05) is 6.92 Å². The predicted molar refractivity (Wildman–Crippen MR) is 43.9 cm³/mol. The van der Waals surface area contributed by atoms with Crippen molar-refractivity contribution in [2.45, 2.75) is 33.0 Å². The second-order valence-corrected chi connectivity index (χ2v) is 2.45. The lowest BCUT2D eigenvalue weighted by atomic mass is 10.4. The molecular weight excluding hydrogens is 160 g/mol. The van der Waals surface area contributed by atoms with Crippen LogP contribution in [0.25, 0.3) is 0 Å². The van der Waals surface area contributed by atoms with Gasteiger partial charge in [-0.2, -0.15) is 0 Å². The molecule has 1 N–H and O–H groups in total. The zero-order valence-corrected chi connectivity index (χ0v) is 7.58. The molecule has 72 valence electrons. The Labute approximate surface area is 72.5 Å². The average Bonchev–Trinajstić information content (AvgIpc) is 2.40. The van der Waals surface area contributed by atoms with Crippen LogP contribution in [0.15, 0.2) is 0 Å². The molecule has 12 heavy (non-hydrogen) atoms. The van der Waals surface area contributed by atoms with E-state index in [9.17, 15) is 4.79 Å². The summed E-state index contributed by atoms with van der Waals surface area (Å²) in [5, 5.41) is 7.91. The molecule has 0 saturated carbocycles. The molecular formula is C8H16O4. The first-order valence-corrected chi connectivity index (χ1v) is 4.11. The maximum absolute atomic E-state index is 9.60. The van der Waals surface area contributed by atoms with Gasteiger partial charge in [0, 0.05) is 6.42 Å². The van der Waals surface area contributed by atoms with Crippen LogP contribution in [0.5, 0.6) is 0 Å². The highest BCUT2D eigenvalue weighted by Gasteiger charge is 2.07. The molecule has 4 heteroatoms. The van der Waals surface area contributed by atoms with E-state index in [0.717, 1.165) is 19.6 Å². The number of ether oxygens (including phenoxy) is 2. The first-order chi connectivity index (χ1) is 5.66. The fourth-order valence-electron chi connectivity index (χ4n) is 0.690. The highest BCUT2D eigenvalue weighted by Crippen LogP contribution is 1.99. The van der Waals surface area contributed by atoms with Crippen molar-refractivity contribution in [3.8, 4) is 0 Å². The van der Waals surface area contributed by atoms with E-state index in [0.29, 0.717) is 6.42 Å². The maximum Gasteiger partial charge on any atom is 0.303 e. The molecule has 4 nitrogen and oxygen atoms in total. The van der Waals surface area contributed by atoms with Gasteiger partial charge < -0.3 is 14.6 Å². The van der Waals surface area contributed by atoms with E-state index < -0.39 is 5.97 Å². The van der Waals surface area contributed by atoms with Crippen LogP contribution in [0.1, 0.15) is 26.7 Å². The van der Waals surface area contributed by atoms with Gasteiger partial charge in [-0.25, -0.2) is 0 Å². The van der Waals surface area contributed by atoms with Crippen molar-refractivity contribution in [3.63, 3.8) is 0 Å². The Hall–Kier alpha value is -0.610. The van der Waals surface area contributed by atoms with Crippen molar-refractivity contribution >= 4 is 5.97 Å². The second kappa shape index (κ2) is 7.06. The number of hydrogen-bond acceptors (Lipinski definition) is 3. The maximum atomic E-state index is 9.60. The van der Waals surface area contributed by atoms with Crippen LogP contribution in [0.4, 0.5) is 0 Å². The summed E-state index contributed by atoms with van der Waals surface area (Å²) in [7, 11) is 0. The van der Waals surface area contributed by atoms with Crippen LogP contribution < -0.4 is 0 Å². The van der Waals surface area contributed by atoms with E-state index in [2.05, 4.69) is 0 Å². The Bertz CT molecular complexity index is 118. The van der Waals surface area contributed by atoms with Gasteiger partial charge in [-0.15, -0.1) is 0 Å². The molecule has 0 aromatic rings. The fraction of sp³-hybridized carbons (Fsp3) is 0.875. The minimum absolute atomic E-state index is 0.0463. The Kier molecular flexibility index (Phi) is 6.70. The third-order valence-corrected chi connectivity index (χ3v) is 1.25. The minimum atomic E-state index is -0.711. The summed E-state index contributed by atoms with van der Waals surface area (Å²) in [6.07, 6.45) is 1.07. The molecule has 0 aromatic heterocycles. The first kappa shape index (κ1) is 11.4. The number of aliphatic carboxylic acids is 1. The number of hydrogen-bond donors (Lipinski definition) is 1. The lowest BCUT2D eigenvalue weighted by Gasteiger charge is -1.94. The molecule has 1 saturated heterocycles. The molecule has 0 bridgehead atoms. The van der Waals surface area contributed by atoms with Crippen LogP contribution >= 0.6 is 0 Å². The van der Waals surface area contributed by atoms with Crippen LogP contribution in [0, 0.1) is 0 Å². The lowest BCUT2D eigenvalue weighted by Crippen LogP contribution is -1.97. The van der Waals surface area contributed by atoms with E-state index in [1.165, 1.54) is 0 Å². The van der Waals surface area contributed by atoms with Gasteiger partial charge in [0.05, 0.1) is 13.2 Å². The third kappa shape index (κ3) is 7.50. The Morgan fingerprint density at radius 3 is 2.08 bits per heavy atom. The number of carboxylic acids is 1. The average molecular weight is 176 g/mol. The van der Waals surface area contributed by atoms with E-state index in [-0.39, 0.29) is 6.29 Å². The molecule has 1 aliphatic rings. The molecule has 0 spiro atoms. The van der Waals surface area contributed by atoms with Crippen LogP contribution in [0.3, 0.4) is 0 Å². The summed E-state index contributed by atoms with van der Waals surface area (Å²) < 4.78 is 9.86. The van der Waals surface area contributed by atoms with Crippen molar-refractivity contribution in [1.29, 1.82) is 0 Å². The largest absolute Gasteiger partial charge is 0.481 e. The summed E-state index contributed by atoms with van der Waals surface area (Å²) >= 11 is 0. The topological polar surface area (TPSA) is 55.8 Å². The number of carbonyl (C=O) groups is 1. The van der Waals surface area contributed by atoms with Gasteiger partial charge in [-0.3, -0.25) is 4.79 Å². The van der Waals surface area contributed by atoms with Crippen molar-refractivity contribution in [1.82, 2.24) is 0 Å². The molecule has 1 heterocycles. The molecule has 0 aliphatic carbocycles. The molecule has 0 amide bonds. The molecule has 0 radical (unpaired) electrons. The minimum Gasteiger partial charge on any atom is -0.481 e. The number of rotatable bonds is 2. The summed E-state index contributed by atoms with van der Waals surface area (Å²) in [6.45, 7) is 5.27. The molecule has 0 atom stereocenters. The fourth-order valence-corrected chi connectivity index (χ4v) is 0.690. The van der Waals surface area contributed by atoms with Crippen molar-refractivity contribution < 1.29 is 19.4 Å². The second-order valence-electron chi connectivity index (χ2n) is 2.45. The third-order valence-electron chi connectivity index (χ3n) is 1.25. The van der Waals surface area contributed by atoms with Gasteiger partial charge in [-0.05, 0) is 13.3 Å². The number of carboxylic acid groups (broad SMARTS) is 1. The van der Waals surface area contributed by atoms with E-state index in [1.807, 2.05) is 13.8 Å². The monoisotopic (exact) mass is 176 g/mol. The smallest absolute Gasteiger partial charge is 0.303 e. The zero-order chi connectivity index (χ0) is 9.40. The van der Waals surface area contributed by atoms with Crippen molar-refractivity contribution in [2.75, 3.05) is 13.2 Å². The molecule has 0 unspecified atom stereocenters. The predicted octanol–water partition coefficient (Wildman–Crippen LogP) is 1.25. The van der Waals surface area contributed by atoms with E-state index in [1.54, 1.807) is 0 Å². The quantitative estimate of drug-likeness (QED) is 0.688. The highest BCUT2D eigenvalue weighted by molar-refractivity contribution is 5.66. The van der Waals surface area contributed by atoms with Gasteiger partial charge >= 0.3 is 5.97 Å². The van der Waals surface area contributed by atoms with E-state index in [4.69, 9.17) is 14.6 Å². The summed E-state index contributed by atoms with van der Waals surface area (Å²) in [5.74, 6) is -0.711. The highest BCUT2D eigenvalue weighted by atomic mass is 16.7. The van der Waals surface area contributed by atoms with Crippen LogP contribution in [-0.2, 0) is 14.3 Å². The molecule has 1 aliphatic heterocycles. The summed E-state index contributed by atoms with van der Waals surface area (Å²) in [4.78, 5) is 9.60. The van der Waals surface area contributed by atoms with Gasteiger partial charge in [0.15, 0.2) is 6.29 Å². The van der Waals surface area contributed by atoms with Crippen LogP contribution in [-0.4, -0.2) is 30.6 Å². The normalized spacial score (nSPS) is 16.8. The summed E-state index contributed by atoms with van der Waals surface area (Å²) in [6, 6.07) is 0. The van der Waals surface area contributed by atoms with Crippen molar-refractivity contribution in [2.24, 2.45) is 0 Å². The van der Waals surface area contributed by atoms with Gasteiger partial charge in [0.25, 0.3) is 0 Å². The summed E-state index contributed by atoms with van der Waals surface area (Å²) in [5.41, 5.74) is 0. The Morgan fingerprint density at radius 2 is 2.00 bits per heavy atom. The first-order valence-electron chi connectivity index (χ1n) is 4.11. The molecule has 0 aromatic carbocycles. The van der Waals surface area contributed by atoms with Crippen molar-refractivity contribution in [3.05, 3.63) is 0 Å². The molecule has 1 fully saturated rings. The van der Waals surface area contributed by atoms with E-state index >= 15 is 0 Å². The van der Waals surface area contributed by atoms with Crippen LogP contribution in [0.2, 0.25) is 0 Å². The molecule has 1 rings (SSSR count). The zero-order valence-electron chi connectivity index (χ0n) is 7.58. The lowest BCUT2D eigenvalue weighted by molar-refractivity contribution is -0.137.